The molecule has 7 heteroatoms. The van der Waals surface area contributed by atoms with Crippen molar-refractivity contribution < 1.29 is 19.1 Å². The highest BCUT2D eigenvalue weighted by Crippen LogP contribution is 2.28. The van der Waals surface area contributed by atoms with E-state index in [4.69, 9.17) is 9.47 Å². The van der Waals surface area contributed by atoms with E-state index in [9.17, 15) is 9.59 Å². The van der Waals surface area contributed by atoms with E-state index in [-0.39, 0.29) is 11.6 Å². The van der Waals surface area contributed by atoms with Crippen molar-refractivity contribution in [1.29, 1.82) is 0 Å². The molecule has 31 heavy (non-hydrogen) atoms. The summed E-state index contributed by atoms with van der Waals surface area (Å²) in [6.45, 7) is 2.48. The molecule has 0 saturated carbocycles. The third-order valence-corrected chi connectivity index (χ3v) is 4.90. The van der Waals surface area contributed by atoms with E-state index in [1.165, 1.54) is 14.2 Å². The summed E-state index contributed by atoms with van der Waals surface area (Å²) < 4.78 is 12.5. The summed E-state index contributed by atoms with van der Waals surface area (Å²) in [7, 11) is 4.98. The minimum atomic E-state index is -0.418. The van der Waals surface area contributed by atoms with Gasteiger partial charge in [-0.2, -0.15) is 0 Å². The number of amides is 2. The first-order chi connectivity index (χ1) is 15.0. The molecule has 0 saturated heterocycles. The van der Waals surface area contributed by atoms with Crippen molar-refractivity contribution in [1.82, 2.24) is 15.2 Å². The van der Waals surface area contributed by atoms with Gasteiger partial charge in [0.2, 0.25) is 0 Å². The molecule has 0 radical (unpaired) electrons. The van der Waals surface area contributed by atoms with E-state index in [1.807, 2.05) is 49.0 Å². The molecule has 0 spiro atoms. The lowest BCUT2D eigenvalue weighted by atomic mass is 10.1. The van der Waals surface area contributed by atoms with Crippen LogP contribution >= 0.6 is 0 Å². The van der Waals surface area contributed by atoms with Gasteiger partial charge in [-0.3, -0.25) is 9.59 Å². The SMILES string of the molecule is CCCNC(=O)/C(=C/c1cn(C)c2ccccc12)NC(=O)c1ccc(OC)c(OC)c1. The van der Waals surface area contributed by atoms with Crippen LogP contribution in [-0.2, 0) is 11.8 Å². The van der Waals surface area contributed by atoms with Gasteiger partial charge in [0.1, 0.15) is 5.70 Å². The van der Waals surface area contributed by atoms with E-state index < -0.39 is 5.91 Å². The highest BCUT2D eigenvalue weighted by molar-refractivity contribution is 6.06. The highest BCUT2D eigenvalue weighted by atomic mass is 16.5. The molecule has 2 aromatic carbocycles. The topological polar surface area (TPSA) is 81.6 Å². The normalized spacial score (nSPS) is 11.3. The number of para-hydroxylation sites is 1. The van der Waals surface area contributed by atoms with Gasteiger partial charge in [0, 0.05) is 41.8 Å². The molecule has 7 nitrogen and oxygen atoms in total. The van der Waals surface area contributed by atoms with Crippen molar-refractivity contribution in [3.8, 4) is 11.5 Å². The van der Waals surface area contributed by atoms with Gasteiger partial charge in [0.25, 0.3) is 11.8 Å². The van der Waals surface area contributed by atoms with Crippen molar-refractivity contribution >= 4 is 28.8 Å². The van der Waals surface area contributed by atoms with Gasteiger partial charge in [0.05, 0.1) is 14.2 Å². The van der Waals surface area contributed by atoms with E-state index in [0.29, 0.717) is 23.6 Å². The lowest BCUT2D eigenvalue weighted by Crippen LogP contribution is -2.35. The smallest absolute Gasteiger partial charge is 0.267 e. The molecule has 0 aliphatic rings. The fourth-order valence-electron chi connectivity index (χ4n) is 3.31. The quantitative estimate of drug-likeness (QED) is 0.546. The predicted molar refractivity (Wildman–Crippen MR) is 121 cm³/mol. The summed E-state index contributed by atoms with van der Waals surface area (Å²) in [5, 5.41) is 6.58. The third kappa shape index (κ3) is 4.88. The minimum Gasteiger partial charge on any atom is -0.493 e. The number of aryl methyl sites for hydroxylation is 1. The standard InChI is InChI=1S/C24H27N3O4/c1-5-12-25-24(29)19(13-17-15-27(2)20-9-7-6-8-18(17)20)26-23(28)16-10-11-21(30-3)22(14-16)31-4/h6-11,13-15H,5,12H2,1-4H3,(H,25,29)(H,26,28)/b19-13-. The molecule has 2 amide bonds. The Labute approximate surface area is 181 Å². The molecule has 1 heterocycles. The molecule has 0 aliphatic heterocycles. The Kier molecular flexibility index (Phi) is 6.97. The molecule has 0 unspecified atom stereocenters. The third-order valence-electron chi connectivity index (χ3n) is 4.90. The molecule has 0 fully saturated rings. The van der Waals surface area contributed by atoms with E-state index >= 15 is 0 Å². The van der Waals surface area contributed by atoms with Crippen molar-refractivity contribution in [2.45, 2.75) is 13.3 Å². The maximum absolute atomic E-state index is 12.9. The number of hydrogen-bond acceptors (Lipinski definition) is 4. The van der Waals surface area contributed by atoms with E-state index in [2.05, 4.69) is 10.6 Å². The average molecular weight is 421 g/mol. The van der Waals surface area contributed by atoms with Crippen molar-refractivity contribution in [2.24, 2.45) is 7.05 Å². The first-order valence-electron chi connectivity index (χ1n) is 10.1. The molecule has 3 aromatic rings. The highest BCUT2D eigenvalue weighted by Gasteiger charge is 2.17. The number of nitrogens with one attached hydrogen (secondary N) is 2. The van der Waals surface area contributed by atoms with Gasteiger partial charge < -0.3 is 24.7 Å². The Bertz CT molecular complexity index is 1130. The number of aromatic nitrogens is 1. The van der Waals surface area contributed by atoms with Crippen LogP contribution in [0.15, 0.2) is 54.4 Å². The fraction of sp³-hybridized carbons (Fsp3) is 0.250. The Morgan fingerprint density at radius 1 is 1.06 bits per heavy atom. The average Bonchev–Trinajstić information content (AvgIpc) is 3.11. The monoisotopic (exact) mass is 421 g/mol. The summed E-state index contributed by atoms with van der Waals surface area (Å²) in [4.78, 5) is 25.7. The zero-order chi connectivity index (χ0) is 22.4. The fourth-order valence-corrected chi connectivity index (χ4v) is 3.31. The van der Waals surface area contributed by atoms with Crippen LogP contribution in [0.4, 0.5) is 0 Å². The molecule has 0 aliphatic carbocycles. The summed E-state index contributed by atoms with van der Waals surface area (Å²) in [5.41, 5.74) is 2.40. The largest absolute Gasteiger partial charge is 0.493 e. The second-order valence-corrected chi connectivity index (χ2v) is 7.05. The number of nitrogens with zero attached hydrogens (tertiary/aromatic N) is 1. The number of fused-ring (bicyclic) bond motifs is 1. The molecular weight excluding hydrogens is 394 g/mol. The predicted octanol–water partition coefficient (Wildman–Crippen LogP) is 3.49. The Morgan fingerprint density at radius 2 is 1.81 bits per heavy atom. The number of carbonyl (C=O) groups excluding carboxylic acids is 2. The first kappa shape index (κ1) is 22.0. The Balaban J connectivity index is 1.97. The van der Waals surface area contributed by atoms with Gasteiger partial charge in [0.15, 0.2) is 11.5 Å². The number of benzene rings is 2. The van der Waals surface area contributed by atoms with Gasteiger partial charge in [-0.1, -0.05) is 25.1 Å². The Morgan fingerprint density at radius 3 is 2.52 bits per heavy atom. The second kappa shape index (κ2) is 9.84. The number of hydrogen-bond donors (Lipinski definition) is 2. The summed E-state index contributed by atoms with van der Waals surface area (Å²) in [6, 6.07) is 12.7. The van der Waals surface area contributed by atoms with Crippen LogP contribution in [0, 0.1) is 0 Å². The first-order valence-corrected chi connectivity index (χ1v) is 10.1. The maximum Gasteiger partial charge on any atom is 0.267 e. The Hall–Kier alpha value is -3.74. The van der Waals surface area contributed by atoms with E-state index in [1.54, 1.807) is 24.3 Å². The molecule has 3 rings (SSSR count). The molecule has 0 atom stereocenters. The van der Waals surface area contributed by atoms with Crippen molar-refractivity contribution in [2.75, 3.05) is 20.8 Å². The van der Waals surface area contributed by atoms with Crippen LogP contribution in [0.2, 0.25) is 0 Å². The van der Waals surface area contributed by atoms with Crippen LogP contribution in [0.25, 0.3) is 17.0 Å². The summed E-state index contributed by atoms with van der Waals surface area (Å²) in [6.07, 6.45) is 4.42. The van der Waals surface area contributed by atoms with Crippen LogP contribution < -0.4 is 20.1 Å². The molecule has 0 bridgehead atoms. The molecule has 1 aromatic heterocycles. The molecule has 2 N–H and O–H groups in total. The number of carbonyl (C=O) groups is 2. The van der Waals surface area contributed by atoms with Crippen LogP contribution in [0.3, 0.4) is 0 Å². The van der Waals surface area contributed by atoms with Gasteiger partial charge in [-0.15, -0.1) is 0 Å². The zero-order valence-corrected chi connectivity index (χ0v) is 18.2. The zero-order valence-electron chi connectivity index (χ0n) is 18.2. The lowest BCUT2D eigenvalue weighted by Gasteiger charge is -2.12. The molecular formula is C24H27N3O4. The van der Waals surface area contributed by atoms with Crippen molar-refractivity contribution in [3.63, 3.8) is 0 Å². The van der Waals surface area contributed by atoms with Gasteiger partial charge >= 0.3 is 0 Å². The van der Waals surface area contributed by atoms with Crippen molar-refractivity contribution in [3.05, 3.63) is 65.5 Å². The maximum atomic E-state index is 12.9. The number of ether oxygens (including phenoxy) is 2. The number of rotatable bonds is 8. The summed E-state index contributed by atoms with van der Waals surface area (Å²) in [5.74, 6) is 0.194. The summed E-state index contributed by atoms with van der Waals surface area (Å²) >= 11 is 0. The van der Waals surface area contributed by atoms with Crippen LogP contribution in [-0.4, -0.2) is 37.1 Å². The van der Waals surface area contributed by atoms with E-state index in [0.717, 1.165) is 22.9 Å². The number of methoxy groups -OCH3 is 2. The lowest BCUT2D eigenvalue weighted by molar-refractivity contribution is -0.117. The van der Waals surface area contributed by atoms with Gasteiger partial charge in [-0.05, 0) is 36.8 Å². The molecule has 162 valence electrons. The van der Waals surface area contributed by atoms with Crippen LogP contribution in [0.5, 0.6) is 11.5 Å². The van der Waals surface area contributed by atoms with Crippen LogP contribution in [0.1, 0.15) is 29.3 Å². The minimum absolute atomic E-state index is 0.171. The van der Waals surface area contributed by atoms with Gasteiger partial charge in [-0.25, -0.2) is 0 Å². The second-order valence-electron chi connectivity index (χ2n) is 7.05.